The van der Waals surface area contributed by atoms with Crippen LogP contribution in [-0.2, 0) is 14.8 Å². The first-order valence-corrected chi connectivity index (χ1v) is 7.71. The van der Waals surface area contributed by atoms with Crippen LogP contribution in [-0.4, -0.2) is 55.3 Å². The van der Waals surface area contributed by atoms with E-state index in [1.165, 1.54) is 4.90 Å². The summed E-state index contributed by atoms with van der Waals surface area (Å²) >= 11 is 0. The third-order valence-corrected chi connectivity index (χ3v) is 3.88. The molecule has 0 aromatic carbocycles. The number of nitrogens with one attached hydrogen (secondary N) is 1. The first-order chi connectivity index (χ1) is 8.72. The number of sulfonamides is 1. The summed E-state index contributed by atoms with van der Waals surface area (Å²) in [7, 11) is -3.64. The molecule has 1 fully saturated rings. The number of carbonyl (C=O) groups is 2. The van der Waals surface area contributed by atoms with Gasteiger partial charge in [-0.1, -0.05) is 6.92 Å². The van der Waals surface area contributed by atoms with Crippen molar-refractivity contribution in [2.24, 2.45) is 11.1 Å². The molecule has 110 valence electrons. The molecule has 9 heteroatoms. The van der Waals surface area contributed by atoms with E-state index in [4.69, 9.17) is 10.2 Å². The van der Waals surface area contributed by atoms with E-state index in [2.05, 4.69) is 5.32 Å². The Morgan fingerprint density at radius 2 is 2.11 bits per heavy atom. The summed E-state index contributed by atoms with van der Waals surface area (Å²) in [6.45, 7) is 2.00. The number of hydrogen-bond donors (Lipinski definition) is 3. The molecule has 19 heavy (non-hydrogen) atoms. The second kappa shape index (κ2) is 6.20. The highest BCUT2D eigenvalue weighted by molar-refractivity contribution is 7.89. The lowest BCUT2D eigenvalue weighted by Gasteiger charge is -2.37. The molecule has 2 unspecified atom stereocenters. The van der Waals surface area contributed by atoms with Crippen LogP contribution in [0.2, 0.25) is 0 Å². The number of aliphatic carboxylic acids is 1. The summed E-state index contributed by atoms with van der Waals surface area (Å²) in [5.74, 6) is -1.55. The molecule has 1 aliphatic rings. The van der Waals surface area contributed by atoms with Crippen LogP contribution < -0.4 is 10.5 Å². The van der Waals surface area contributed by atoms with Crippen molar-refractivity contribution in [3.05, 3.63) is 0 Å². The van der Waals surface area contributed by atoms with Crippen LogP contribution in [0, 0.1) is 5.92 Å². The van der Waals surface area contributed by atoms with E-state index in [1.54, 1.807) is 6.92 Å². The van der Waals surface area contributed by atoms with Gasteiger partial charge < -0.3 is 15.3 Å². The number of amides is 2. The normalized spacial score (nSPS) is 24.0. The van der Waals surface area contributed by atoms with E-state index in [1.807, 2.05) is 0 Å². The van der Waals surface area contributed by atoms with Crippen LogP contribution in [0.5, 0.6) is 0 Å². The van der Waals surface area contributed by atoms with E-state index >= 15 is 0 Å². The number of carboxylic acid groups (broad SMARTS) is 1. The highest BCUT2D eigenvalue weighted by Gasteiger charge is 2.36. The maximum atomic E-state index is 11.9. The molecular formula is C10H19N3O5S. The van der Waals surface area contributed by atoms with Gasteiger partial charge in [0.05, 0.1) is 5.75 Å². The molecule has 0 aromatic rings. The van der Waals surface area contributed by atoms with Crippen molar-refractivity contribution < 1.29 is 23.1 Å². The summed E-state index contributed by atoms with van der Waals surface area (Å²) in [4.78, 5) is 24.3. The van der Waals surface area contributed by atoms with Gasteiger partial charge in [0, 0.05) is 13.1 Å². The molecule has 1 rings (SSSR count). The van der Waals surface area contributed by atoms with Gasteiger partial charge in [0.15, 0.2) is 0 Å². The zero-order valence-electron chi connectivity index (χ0n) is 10.7. The van der Waals surface area contributed by atoms with Gasteiger partial charge in [-0.15, -0.1) is 0 Å². The number of nitrogens with zero attached hydrogens (tertiary/aromatic N) is 1. The monoisotopic (exact) mass is 293 g/mol. The molecule has 1 aliphatic heterocycles. The number of urea groups is 1. The maximum absolute atomic E-state index is 11.9. The van der Waals surface area contributed by atoms with Crippen LogP contribution in [0.3, 0.4) is 0 Å². The van der Waals surface area contributed by atoms with Crippen LogP contribution in [0.25, 0.3) is 0 Å². The fraction of sp³-hybridized carbons (Fsp3) is 0.800. The quantitative estimate of drug-likeness (QED) is 0.623. The molecule has 1 heterocycles. The summed E-state index contributed by atoms with van der Waals surface area (Å²) in [5.41, 5.74) is 0. The van der Waals surface area contributed by atoms with Crippen molar-refractivity contribution in [3.63, 3.8) is 0 Å². The van der Waals surface area contributed by atoms with Crippen molar-refractivity contribution in [3.8, 4) is 0 Å². The van der Waals surface area contributed by atoms with Gasteiger partial charge in [0.1, 0.15) is 6.04 Å². The standard InChI is InChI=1S/C10H19N3O5S/c1-7-3-2-5-13(8(7)9(14)15)10(16)12-4-6-19(11,17)18/h7-8H,2-6H2,1H3,(H,12,16)(H,14,15)(H2,11,17,18). The van der Waals surface area contributed by atoms with Crippen molar-refractivity contribution >= 4 is 22.0 Å². The van der Waals surface area contributed by atoms with Crippen molar-refractivity contribution in [1.29, 1.82) is 0 Å². The zero-order chi connectivity index (χ0) is 14.6. The number of likely N-dealkylation sites (tertiary alicyclic amines) is 1. The van der Waals surface area contributed by atoms with Crippen LogP contribution in [0.1, 0.15) is 19.8 Å². The Morgan fingerprint density at radius 3 is 2.63 bits per heavy atom. The lowest BCUT2D eigenvalue weighted by molar-refractivity contribution is -0.145. The molecule has 0 radical (unpaired) electrons. The lowest BCUT2D eigenvalue weighted by Crippen LogP contribution is -2.55. The van der Waals surface area contributed by atoms with Crippen LogP contribution in [0.4, 0.5) is 4.79 Å². The minimum absolute atomic E-state index is 0.129. The van der Waals surface area contributed by atoms with Gasteiger partial charge in [-0.3, -0.25) is 0 Å². The molecule has 0 aromatic heterocycles. The lowest BCUT2D eigenvalue weighted by atomic mass is 9.91. The molecule has 0 spiro atoms. The molecule has 0 bridgehead atoms. The van der Waals surface area contributed by atoms with E-state index in [-0.39, 0.29) is 18.2 Å². The van der Waals surface area contributed by atoms with Crippen molar-refractivity contribution in [2.75, 3.05) is 18.8 Å². The second-order valence-electron chi connectivity index (χ2n) is 4.69. The fourth-order valence-corrected chi connectivity index (χ4v) is 2.58. The molecule has 0 aliphatic carbocycles. The third kappa shape index (κ3) is 4.67. The van der Waals surface area contributed by atoms with Gasteiger partial charge in [0.2, 0.25) is 10.0 Å². The fourth-order valence-electron chi connectivity index (χ4n) is 2.19. The van der Waals surface area contributed by atoms with E-state index in [0.717, 1.165) is 12.8 Å². The summed E-state index contributed by atoms with van der Waals surface area (Å²) < 4.78 is 21.5. The minimum atomic E-state index is -3.64. The summed E-state index contributed by atoms with van der Waals surface area (Å²) in [6.07, 6.45) is 1.48. The summed E-state index contributed by atoms with van der Waals surface area (Å²) in [5, 5.41) is 16.3. The van der Waals surface area contributed by atoms with Gasteiger partial charge >= 0.3 is 12.0 Å². The number of rotatable bonds is 4. The highest BCUT2D eigenvalue weighted by atomic mass is 32.2. The molecule has 4 N–H and O–H groups in total. The van der Waals surface area contributed by atoms with Crippen LogP contribution >= 0.6 is 0 Å². The molecule has 0 saturated carbocycles. The number of nitrogens with two attached hydrogens (primary N) is 1. The zero-order valence-corrected chi connectivity index (χ0v) is 11.5. The highest BCUT2D eigenvalue weighted by Crippen LogP contribution is 2.23. The summed E-state index contributed by atoms with van der Waals surface area (Å²) in [6, 6.07) is -1.44. The number of carbonyl (C=O) groups excluding carboxylic acids is 1. The van der Waals surface area contributed by atoms with Crippen LogP contribution in [0.15, 0.2) is 0 Å². The molecule has 8 nitrogen and oxygen atoms in total. The number of piperidine rings is 1. The SMILES string of the molecule is CC1CCCN(C(=O)NCCS(N)(=O)=O)C1C(=O)O. The first-order valence-electron chi connectivity index (χ1n) is 6.00. The Labute approximate surface area is 112 Å². The third-order valence-electron chi connectivity index (χ3n) is 3.11. The smallest absolute Gasteiger partial charge is 0.326 e. The predicted molar refractivity (Wildman–Crippen MR) is 67.9 cm³/mol. The Bertz CT molecular complexity index is 450. The average molecular weight is 293 g/mol. The Hall–Kier alpha value is -1.35. The number of hydrogen-bond acceptors (Lipinski definition) is 4. The predicted octanol–water partition coefficient (Wildman–Crippen LogP) is -0.830. The second-order valence-corrected chi connectivity index (χ2v) is 6.43. The van der Waals surface area contributed by atoms with Gasteiger partial charge in [0.25, 0.3) is 0 Å². The molecular weight excluding hydrogens is 274 g/mol. The topological polar surface area (TPSA) is 130 Å². The Balaban J connectivity index is 2.61. The largest absolute Gasteiger partial charge is 0.480 e. The molecule has 2 atom stereocenters. The number of primary sulfonamides is 1. The first kappa shape index (κ1) is 15.7. The van der Waals surface area contributed by atoms with Gasteiger partial charge in [-0.25, -0.2) is 23.1 Å². The van der Waals surface area contributed by atoms with E-state index in [0.29, 0.717) is 6.54 Å². The number of carboxylic acids is 1. The molecule has 1 saturated heterocycles. The van der Waals surface area contributed by atoms with Crippen molar-refractivity contribution in [1.82, 2.24) is 10.2 Å². The molecule has 2 amide bonds. The van der Waals surface area contributed by atoms with Gasteiger partial charge in [-0.05, 0) is 18.8 Å². The average Bonchev–Trinajstić information content (AvgIpc) is 2.26. The van der Waals surface area contributed by atoms with Crippen molar-refractivity contribution in [2.45, 2.75) is 25.8 Å². The minimum Gasteiger partial charge on any atom is -0.480 e. The van der Waals surface area contributed by atoms with Gasteiger partial charge in [-0.2, -0.15) is 0 Å². The van der Waals surface area contributed by atoms with E-state index in [9.17, 15) is 18.0 Å². The maximum Gasteiger partial charge on any atom is 0.326 e. The van der Waals surface area contributed by atoms with E-state index < -0.39 is 28.1 Å². The Morgan fingerprint density at radius 1 is 1.47 bits per heavy atom. The Kier molecular flexibility index (Phi) is 5.12.